The molecule has 0 radical (unpaired) electrons. The van der Waals surface area contributed by atoms with Gasteiger partial charge >= 0.3 is 6.03 Å². The van der Waals surface area contributed by atoms with E-state index in [1.54, 1.807) is 0 Å². The molecular weight excluding hydrogens is 318 g/mol. The maximum atomic E-state index is 12.0. The number of hydrogen-bond donors (Lipinski definition) is 3. The SMILES string of the molecule is CCNC(=O)NC1(c2nc(C3(N)CCCC3)no2)CCCC1.Cl. The number of nitrogens with two attached hydrogens (primary N) is 1. The average Bonchev–Trinajstić information content (AvgIpc) is 3.18. The number of urea groups is 1. The summed E-state index contributed by atoms with van der Waals surface area (Å²) in [6.07, 6.45) is 7.71. The van der Waals surface area contributed by atoms with E-state index in [1.807, 2.05) is 6.92 Å². The standard InChI is InChI=1S/C15H25N5O2.ClH/c1-2-17-13(21)19-15(9-5-6-10-15)12-18-11(20-22-12)14(16)7-3-4-8-14;/h2-10,16H2,1H3,(H2,17,19,21);1H. The molecule has 0 saturated heterocycles. The van der Waals surface area contributed by atoms with Gasteiger partial charge in [0.05, 0.1) is 5.54 Å². The Kier molecular flexibility index (Phi) is 5.52. The van der Waals surface area contributed by atoms with Crippen molar-refractivity contribution >= 4 is 18.4 Å². The minimum atomic E-state index is -0.542. The lowest BCUT2D eigenvalue weighted by Gasteiger charge is -2.26. The molecule has 0 atom stereocenters. The van der Waals surface area contributed by atoms with Crippen molar-refractivity contribution in [3.8, 4) is 0 Å². The Morgan fingerprint density at radius 1 is 1.22 bits per heavy atom. The fraction of sp³-hybridized carbons (Fsp3) is 0.800. The van der Waals surface area contributed by atoms with Crippen LogP contribution in [0.5, 0.6) is 0 Å². The van der Waals surface area contributed by atoms with Gasteiger partial charge in [-0.05, 0) is 32.6 Å². The number of nitrogens with one attached hydrogen (secondary N) is 2. The van der Waals surface area contributed by atoms with Gasteiger partial charge in [-0.25, -0.2) is 4.79 Å². The summed E-state index contributed by atoms with van der Waals surface area (Å²) in [6, 6.07) is -0.188. The molecule has 130 valence electrons. The van der Waals surface area contributed by atoms with Crippen molar-refractivity contribution in [2.24, 2.45) is 5.73 Å². The Morgan fingerprint density at radius 3 is 2.43 bits per heavy atom. The summed E-state index contributed by atoms with van der Waals surface area (Å²) >= 11 is 0. The molecule has 4 N–H and O–H groups in total. The molecule has 1 heterocycles. The van der Waals surface area contributed by atoms with Crippen LogP contribution in [0.25, 0.3) is 0 Å². The van der Waals surface area contributed by atoms with E-state index in [2.05, 4.69) is 20.8 Å². The van der Waals surface area contributed by atoms with Crippen molar-refractivity contribution < 1.29 is 9.32 Å². The van der Waals surface area contributed by atoms with E-state index in [0.29, 0.717) is 18.3 Å². The second kappa shape index (κ2) is 7.05. The molecule has 0 unspecified atom stereocenters. The van der Waals surface area contributed by atoms with E-state index in [0.717, 1.165) is 51.4 Å². The summed E-state index contributed by atoms with van der Waals surface area (Å²) in [7, 11) is 0. The lowest BCUT2D eigenvalue weighted by atomic mass is 9.96. The van der Waals surface area contributed by atoms with Crippen LogP contribution in [-0.4, -0.2) is 22.7 Å². The summed E-state index contributed by atoms with van der Waals surface area (Å²) in [5, 5.41) is 9.94. The van der Waals surface area contributed by atoms with Crippen molar-refractivity contribution in [3.05, 3.63) is 11.7 Å². The maximum absolute atomic E-state index is 12.0. The molecule has 8 heteroatoms. The van der Waals surface area contributed by atoms with Gasteiger partial charge in [-0.1, -0.05) is 30.8 Å². The van der Waals surface area contributed by atoms with E-state index in [-0.39, 0.29) is 18.4 Å². The number of halogens is 1. The molecule has 2 aliphatic carbocycles. The van der Waals surface area contributed by atoms with Crippen LogP contribution >= 0.6 is 12.4 Å². The normalized spacial score (nSPS) is 21.7. The Bertz CT molecular complexity index is 536. The van der Waals surface area contributed by atoms with Crippen LogP contribution in [0.3, 0.4) is 0 Å². The highest BCUT2D eigenvalue weighted by Crippen LogP contribution is 2.40. The smallest absolute Gasteiger partial charge is 0.315 e. The van der Waals surface area contributed by atoms with Crippen LogP contribution in [-0.2, 0) is 11.1 Å². The van der Waals surface area contributed by atoms with Gasteiger partial charge in [-0.2, -0.15) is 4.98 Å². The molecule has 1 aromatic heterocycles. The number of hydrogen-bond acceptors (Lipinski definition) is 5. The molecule has 0 spiro atoms. The zero-order valence-corrected chi connectivity index (χ0v) is 14.4. The first-order valence-electron chi connectivity index (χ1n) is 8.28. The fourth-order valence-electron chi connectivity index (χ4n) is 3.64. The first-order valence-corrected chi connectivity index (χ1v) is 8.28. The van der Waals surface area contributed by atoms with E-state index in [4.69, 9.17) is 10.3 Å². The molecule has 2 aliphatic rings. The highest BCUT2D eigenvalue weighted by molar-refractivity contribution is 5.85. The molecule has 2 amide bonds. The highest BCUT2D eigenvalue weighted by atomic mass is 35.5. The molecule has 2 fully saturated rings. The number of aromatic nitrogens is 2. The Balaban J connectivity index is 0.00000192. The third-order valence-electron chi connectivity index (χ3n) is 4.92. The van der Waals surface area contributed by atoms with Gasteiger partial charge in [-0.15, -0.1) is 12.4 Å². The van der Waals surface area contributed by atoms with Gasteiger partial charge in [0, 0.05) is 6.54 Å². The fourth-order valence-corrected chi connectivity index (χ4v) is 3.64. The quantitative estimate of drug-likeness (QED) is 0.777. The number of rotatable bonds is 4. The third-order valence-corrected chi connectivity index (χ3v) is 4.92. The van der Waals surface area contributed by atoms with Crippen LogP contribution in [0.15, 0.2) is 4.52 Å². The summed E-state index contributed by atoms with van der Waals surface area (Å²) in [6.45, 7) is 2.48. The summed E-state index contributed by atoms with van der Waals surface area (Å²) < 4.78 is 5.52. The van der Waals surface area contributed by atoms with Crippen molar-refractivity contribution in [2.45, 2.75) is 69.4 Å². The van der Waals surface area contributed by atoms with E-state index in [1.165, 1.54) is 0 Å². The van der Waals surface area contributed by atoms with Crippen LogP contribution in [0, 0.1) is 0 Å². The largest absolute Gasteiger partial charge is 0.338 e. The highest BCUT2D eigenvalue weighted by Gasteiger charge is 2.44. The summed E-state index contributed by atoms with van der Waals surface area (Å²) in [4.78, 5) is 16.6. The third kappa shape index (κ3) is 3.45. The van der Waals surface area contributed by atoms with Gasteiger partial charge in [-0.3, -0.25) is 0 Å². The van der Waals surface area contributed by atoms with Crippen LogP contribution < -0.4 is 16.4 Å². The predicted molar refractivity (Wildman–Crippen MR) is 88.2 cm³/mol. The van der Waals surface area contributed by atoms with Gasteiger partial charge < -0.3 is 20.9 Å². The zero-order valence-electron chi connectivity index (χ0n) is 13.6. The first kappa shape index (κ1) is 18.0. The molecule has 0 aromatic carbocycles. The summed E-state index contributed by atoms with van der Waals surface area (Å²) in [5.41, 5.74) is 5.39. The van der Waals surface area contributed by atoms with E-state index >= 15 is 0 Å². The van der Waals surface area contributed by atoms with Crippen molar-refractivity contribution in [1.29, 1.82) is 0 Å². The molecule has 1 aromatic rings. The van der Waals surface area contributed by atoms with Gasteiger partial charge in [0.2, 0.25) is 0 Å². The lowest BCUT2D eigenvalue weighted by molar-refractivity contribution is 0.205. The number of nitrogens with zero attached hydrogens (tertiary/aromatic N) is 2. The van der Waals surface area contributed by atoms with Gasteiger partial charge in [0.1, 0.15) is 5.54 Å². The number of amides is 2. The number of carbonyl (C=O) groups excluding carboxylic acids is 1. The molecule has 0 bridgehead atoms. The topological polar surface area (TPSA) is 106 Å². The molecule has 0 aliphatic heterocycles. The molecule has 2 saturated carbocycles. The maximum Gasteiger partial charge on any atom is 0.315 e. The Labute approximate surface area is 142 Å². The van der Waals surface area contributed by atoms with Gasteiger partial charge in [0.15, 0.2) is 5.82 Å². The molecule has 23 heavy (non-hydrogen) atoms. The Hall–Kier alpha value is -1.34. The second-order valence-electron chi connectivity index (χ2n) is 6.56. The van der Waals surface area contributed by atoms with Crippen LogP contribution in [0.1, 0.15) is 70.0 Å². The van der Waals surface area contributed by atoms with E-state index < -0.39 is 11.1 Å². The van der Waals surface area contributed by atoms with Crippen LogP contribution in [0.4, 0.5) is 4.79 Å². The van der Waals surface area contributed by atoms with Crippen LogP contribution in [0.2, 0.25) is 0 Å². The molecule has 3 rings (SSSR count). The zero-order chi connectivity index (χ0) is 15.6. The monoisotopic (exact) mass is 343 g/mol. The second-order valence-corrected chi connectivity index (χ2v) is 6.56. The molecular formula is C15H26ClN5O2. The lowest BCUT2D eigenvalue weighted by Crippen LogP contribution is -2.48. The predicted octanol–water partition coefficient (Wildman–Crippen LogP) is 2.31. The minimum Gasteiger partial charge on any atom is -0.338 e. The van der Waals surface area contributed by atoms with E-state index in [9.17, 15) is 4.79 Å². The molecule has 7 nitrogen and oxygen atoms in total. The minimum absolute atomic E-state index is 0. The number of carbonyl (C=O) groups is 1. The van der Waals surface area contributed by atoms with Crippen molar-refractivity contribution in [1.82, 2.24) is 20.8 Å². The first-order chi connectivity index (χ1) is 10.6. The summed E-state index contributed by atoms with van der Waals surface area (Å²) in [5.74, 6) is 1.09. The van der Waals surface area contributed by atoms with Crippen molar-refractivity contribution in [3.63, 3.8) is 0 Å². The Morgan fingerprint density at radius 2 is 1.83 bits per heavy atom. The average molecular weight is 344 g/mol. The van der Waals surface area contributed by atoms with Gasteiger partial charge in [0.25, 0.3) is 5.89 Å². The van der Waals surface area contributed by atoms with Crippen molar-refractivity contribution in [2.75, 3.05) is 6.54 Å².